The summed E-state index contributed by atoms with van der Waals surface area (Å²) in [6.45, 7) is 1.16. The van der Waals surface area contributed by atoms with Crippen molar-refractivity contribution in [3.05, 3.63) is 65.2 Å². The standard InChI is InChI=1S/C18H20O3/c1-20-12-13-21-18-8-6-17(7-9-18)14-16-4-2-15(3-5-16)10-11-19/h2-9,11H,10,12-14H2,1H3. The van der Waals surface area contributed by atoms with Gasteiger partial charge in [0.25, 0.3) is 0 Å². The molecule has 0 aliphatic rings. The molecule has 0 spiro atoms. The number of ether oxygens (including phenoxy) is 2. The first-order chi connectivity index (χ1) is 10.3. The van der Waals surface area contributed by atoms with E-state index < -0.39 is 0 Å². The Kier molecular flexibility index (Phi) is 5.98. The number of methoxy groups -OCH3 is 1. The Morgan fingerprint density at radius 2 is 1.43 bits per heavy atom. The summed E-state index contributed by atoms with van der Waals surface area (Å²) in [5.41, 5.74) is 3.52. The molecular formula is C18H20O3. The maximum absolute atomic E-state index is 10.5. The topological polar surface area (TPSA) is 35.5 Å². The van der Waals surface area contributed by atoms with Gasteiger partial charge in [-0.3, -0.25) is 0 Å². The van der Waals surface area contributed by atoms with Gasteiger partial charge in [0.1, 0.15) is 18.6 Å². The van der Waals surface area contributed by atoms with Gasteiger partial charge in [0.2, 0.25) is 0 Å². The third-order valence-corrected chi connectivity index (χ3v) is 3.23. The van der Waals surface area contributed by atoms with Gasteiger partial charge in [-0.15, -0.1) is 0 Å². The number of rotatable bonds is 8. The summed E-state index contributed by atoms with van der Waals surface area (Å²) in [6.07, 6.45) is 2.28. The molecule has 0 radical (unpaired) electrons. The predicted molar refractivity (Wildman–Crippen MR) is 82.8 cm³/mol. The fourth-order valence-electron chi connectivity index (χ4n) is 2.07. The third-order valence-electron chi connectivity index (χ3n) is 3.23. The van der Waals surface area contributed by atoms with E-state index in [4.69, 9.17) is 9.47 Å². The highest BCUT2D eigenvalue weighted by molar-refractivity contribution is 5.54. The molecule has 0 aliphatic carbocycles. The largest absolute Gasteiger partial charge is 0.491 e. The van der Waals surface area contributed by atoms with Crippen molar-refractivity contribution in [3.63, 3.8) is 0 Å². The molecule has 21 heavy (non-hydrogen) atoms. The van der Waals surface area contributed by atoms with Crippen LogP contribution in [-0.2, 0) is 22.4 Å². The average molecular weight is 284 g/mol. The molecule has 3 heteroatoms. The van der Waals surface area contributed by atoms with E-state index in [1.165, 1.54) is 11.1 Å². The number of aldehydes is 1. The number of hydrogen-bond donors (Lipinski definition) is 0. The first-order valence-corrected chi connectivity index (χ1v) is 7.04. The lowest BCUT2D eigenvalue weighted by Crippen LogP contribution is -2.04. The Bertz CT molecular complexity index is 544. The lowest BCUT2D eigenvalue weighted by molar-refractivity contribution is -0.107. The van der Waals surface area contributed by atoms with E-state index in [-0.39, 0.29) is 0 Å². The highest BCUT2D eigenvalue weighted by atomic mass is 16.5. The Balaban J connectivity index is 1.91. The molecule has 0 N–H and O–H groups in total. The summed E-state index contributed by atoms with van der Waals surface area (Å²) in [7, 11) is 1.66. The van der Waals surface area contributed by atoms with Crippen LogP contribution in [0.4, 0.5) is 0 Å². The van der Waals surface area contributed by atoms with Crippen LogP contribution in [0.5, 0.6) is 5.75 Å². The number of carbonyl (C=O) groups is 1. The first kappa shape index (κ1) is 15.3. The van der Waals surface area contributed by atoms with Crippen LogP contribution in [0, 0.1) is 0 Å². The monoisotopic (exact) mass is 284 g/mol. The van der Waals surface area contributed by atoms with Crippen molar-refractivity contribution in [2.45, 2.75) is 12.8 Å². The van der Waals surface area contributed by atoms with E-state index in [1.807, 2.05) is 24.3 Å². The second-order valence-corrected chi connectivity index (χ2v) is 4.85. The van der Waals surface area contributed by atoms with Crippen LogP contribution in [0.1, 0.15) is 16.7 Å². The van der Waals surface area contributed by atoms with Gasteiger partial charge in [-0.05, 0) is 35.2 Å². The molecule has 2 rings (SSSR count). The molecular weight excluding hydrogens is 264 g/mol. The summed E-state index contributed by atoms with van der Waals surface area (Å²) < 4.78 is 10.5. The Hall–Kier alpha value is -2.13. The molecule has 0 saturated carbocycles. The fraction of sp³-hybridized carbons (Fsp3) is 0.278. The minimum Gasteiger partial charge on any atom is -0.491 e. The van der Waals surface area contributed by atoms with Crippen molar-refractivity contribution in [2.75, 3.05) is 20.3 Å². The molecule has 0 amide bonds. The maximum Gasteiger partial charge on any atom is 0.124 e. The van der Waals surface area contributed by atoms with E-state index in [0.717, 1.165) is 24.0 Å². The van der Waals surface area contributed by atoms with Crippen LogP contribution < -0.4 is 4.74 Å². The maximum atomic E-state index is 10.5. The zero-order valence-electron chi connectivity index (χ0n) is 12.2. The SMILES string of the molecule is COCCOc1ccc(Cc2ccc(CC=O)cc2)cc1. The van der Waals surface area contributed by atoms with Crippen LogP contribution in [0.15, 0.2) is 48.5 Å². The highest BCUT2D eigenvalue weighted by Gasteiger charge is 1.99. The lowest BCUT2D eigenvalue weighted by atomic mass is 10.0. The van der Waals surface area contributed by atoms with Gasteiger partial charge < -0.3 is 14.3 Å². The molecule has 0 aromatic heterocycles. The van der Waals surface area contributed by atoms with Gasteiger partial charge in [-0.2, -0.15) is 0 Å². The molecule has 0 atom stereocenters. The number of benzene rings is 2. The molecule has 2 aromatic carbocycles. The van der Waals surface area contributed by atoms with E-state index in [2.05, 4.69) is 24.3 Å². The number of hydrogen-bond acceptors (Lipinski definition) is 3. The highest BCUT2D eigenvalue weighted by Crippen LogP contribution is 2.16. The van der Waals surface area contributed by atoms with Crippen molar-refractivity contribution >= 4 is 6.29 Å². The van der Waals surface area contributed by atoms with Crippen molar-refractivity contribution in [3.8, 4) is 5.75 Å². The van der Waals surface area contributed by atoms with Crippen LogP contribution in [0.3, 0.4) is 0 Å². The molecule has 3 nitrogen and oxygen atoms in total. The zero-order valence-corrected chi connectivity index (χ0v) is 12.2. The normalized spacial score (nSPS) is 10.3. The summed E-state index contributed by atoms with van der Waals surface area (Å²) in [6, 6.07) is 16.3. The Morgan fingerprint density at radius 3 is 2.00 bits per heavy atom. The summed E-state index contributed by atoms with van der Waals surface area (Å²) in [4.78, 5) is 10.5. The minimum absolute atomic E-state index is 0.480. The summed E-state index contributed by atoms with van der Waals surface area (Å²) >= 11 is 0. The molecule has 0 unspecified atom stereocenters. The molecule has 0 heterocycles. The molecule has 2 aromatic rings. The lowest BCUT2D eigenvalue weighted by Gasteiger charge is -2.07. The Labute approximate surface area is 125 Å². The molecule has 110 valence electrons. The minimum atomic E-state index is 0.480. The third kappa shape index (κ3) is 5.04. The summed E-state index contributed by atoms with van der Waals surface area (Å²) in [5.74, 6) is 0.858. The quantitative estimate of drug-likeness (QED) is 0.552. The van der Waals surface area contributed by atoms with E-state index in [9.17, 15) is 4.79 Å². The average Bonchev–Trinajstić information content (AvgIpc) is 2.51. The van der Waals surface area contributed by atoms with Gasteiger partial charge in [0, 0.05) is 13.5 Å². The van der Waals surface area contributed by atoms with Crippen LogP contribution in [-0.4, -0.2) is 26.6 Å². The van der Waals surface area contributed by atoms with E-state index >= 15 is 0 Å². The van der Waals surface area contributed by atoms with Crippen LogP contribution >= 0.6 is 0 Å². The molecule has 0 saturated heterocycles. The van der Waals surface area contributed by atoms with Crippen molar-refractivity contribution in [2.24, 2.45) is 0 Å². The van der Waals surface area contributed by atoms with Crippen molar-refractivity contribution < 1.29 is 14.3 Å². The number of carbonyl (C=O) groups excluding carboxylic acids is 1. The van der Waals surface area contributed by atoms with E-state index in [1.54, 1.807) is 7.11 Å². The smallest absolute Gasteiger partial charge is 0.124 e. The first-order valence-electron chi connectivity index (χ1n) is 7.04. The summed E-state index contributed by atoms with van der Waals surface area (Å²) in [5, 5.41) is 0. The second-order valence-electron chi connectivity index (χ2n) is 4.85. The fourth-order valence-corrected chi connectivity index (χ4v) is 2.07. The second kappa shape index (κ2) is 8.22. The van der Waals surface area contributed by atoms with Crippen LogP contribution in [0.25, 0.3) is 0 Å². The van der Waals surface area contributed by atoms with Gasteiger partial charge in [-0.25, -0.2) is 0 Å². The molecule has 0 aliphatic heterocycles. The van der Waals surface area contributed by atoms with Crippen molar-refractivity contribution in [1.29, 1.82) is 0 Å². The van der Waals surface area contributed by atoms with Gasteiger partial charge in [0.05, 0.1) is 6.61 Å². The van der Waals surface area contributed by atoms with E-state index in [0.29, 0.717) is 19.6 Å². The predicted octanol–water partition coefficient (Wildman–Crippen LogP) is 3.04. The van der Waals surface area contributed by atoms with Gasteiger partial charge in [0.15, 0.2) is 0 Å². The van der Waals surface area contributed by atoms with Crippen LogP contribution in [0.2, 0.25) is 0 Å². The zero-order chi connectivity index (χ0) is 14.9. The molecule has 0 bridgehead atoms. The Morgan fingerprint density at radius 1 is 0.857 bits per heavy atom. The molecule has 0 fully saturated rings. The van der Waals surface area contributed by atoms with Gasteiger partial charge in [-0.1, -0.05) is 36.4 Å². The van der Waals surface area contributed by atoms with Gasteiger partial charge >= 0.3 is 0 Å². The van der Waals surface area contributed by atoms with Crippen molar-refractivity contribution in [1.82, 2.24) is 0 Å².